The van der Waals surface area contributed by atoms with Crippen LogP contribution in [0.15, 0.2) is 0 Å². The largest absolute Gasteiger partial charge is 0.382 e. The van der Waals surface area contributed by atoms with Gasteiger partial charge in [-0.1, -0.05) is 45.4 Å². The maximum atomic E-state index is 5.51. The van der Waals surface area contributed by atoms with Gasteiger partial charge in [-0.05, 0) is 19.8 Å². The van der Waals surface area contributed by atoms with Crippen molar-refractivity contribution in [3.05, 3.63) is 0 Å². The molecule has 0 aromatic carbocycles. The molecule has 3 nitrogen and oxygen atoms in total. The van der Waals surface area contributed by atoms with Gasteiger partial charge in [-0.15, -0.1) is 0 Å². The predicted molar refractivity (Wildman–Crippen MR) is 70.2 cm³/mol. The minimum Gasteiger partial charge on any atom is -0.382 e. The summed E-state index contributed by atoms with van der Waals surface area (Å²) in [5.74, 6) is 5.51. The summed E-state index contributed by atoms with van der Waals surface area (Å²) in [6.45, 7) is 5.90. The lowest BCUT2D eigenvalue weighted by atomic mass is 10.0. The van der Waals surface area contributed by atoms with E-state index in [2.05, 4.69) is 12.3 Å². The number of ether oxygens (including phenoxy) is 1. The Hall–Kier alpha value is -0.120. The molecule has 1 atom stereocenters. The minimum absolute atomic E-state index is 0.428. The molecule has 0 aliphatic rings. The molecule has 0 aliphatic carbocycles. The number of unbranched alkanes of at least 4 members (excludes halogenated alkanes) is 5. The van der Waals surface area contributed by atoms with Crippen LogP contribution in [0.4, 0.5) is 0 Å². The standard InChI is InChI=1S/C13H30N2O/c1-3-5-6-7-8-9-10-13(15-14)11-12-16-4-2/h13,15H,3-12,14H2,1-2H3. The van der Waals surface area contributed by atoms with E-state index in [1.54, 1.807) is 0 Å². The zero-order valence-corrected chi connectivity index (χ0v) is 11.1. The van der Waals surface area contributed by atoms with Gasteiger partial charge in [0.1, 0.15) is 0 Å². The Kier molecular flexibility index (Phi) is 12.9. The second-order valence-electron chi connectivity index (χ2n) is 4.41. The van der Waals surface area contributed by atoms with Crippen molar-refractivity contribution in [1.29, 1.82) is 0 Å². The zero-order chi connectivity index (χ0) is 12.1. The highest BCUT2D eigenvalue weighted by Crippen LogP contribution is 2.09. The lowest BCUT2D eigenvalue weighted by molar-refractivity contribution is 0.135. The molecule has 0 saturated carbocycles. The van der Waals surface area contributed by atoms with Gasteiger partial charge in [-0.3, -0.25) is 11.3 Å². The van der Waals surface area contributed by atoms with E-state index in [4.69, 9.17) is 10.6 Å². The number of nitrogens with two attached hydrogens (primary N) is 1. The Balaban J connectivity index is 3.26. The van der Waals surface area contributed by atoms with E-state index in [9.17, 15) is 0 Å². The zero-order valence-electron chi connectivity index (χ0n) is 11.1. The molecule has 1 unspecified atom stereocenters. The summed E-state index contributed by atoms with van der Waals surface area (Å²) in [5.41, 5.74) is 2.88. The van der Waals surface area contributed by atoms with Crippen LogP contribution >= 0.6 is 0 Å². The summed E-state index contributed by atoms with van der Waals surface area (Å²) in [5, 5.41) is 0. The molecule has 0 aromatic rings. The molecule has 0 amide bonds. The highest BCUT2D eigenvalue weighted by molar-refractivity contribution is 4.63. The molecule has 3 heteroatoms. The maximum Gasteiger partial charge on any atom is 0.0481 e. The number of nitrogens with one attached hydrogen (secondary N) is 1. The van der Waals surface area contributed by atoms with E-state index >= 15 is 0 Å². The average molecular weight is 230 g/mol. The van der Waals surface area contributed by atoms with E-state index in [0.29, 0.717) is 6.04 Å². The Labute approximate surface area is 101 Å². The van der Waals surface area contributed by atoms with Crippen LogP contribution in [0.2, 0.25) is 0 Å². The molecule has 0 fully saturated rings. The number of hydrogen-bond acceptors (Lipinski definition) is 3. The monoisotopic (exact) mass is 230 g/mol. The Morgan fingerprint density at radius 2 is 1.69 bits per heavy atom. The van der Waals surface area contributed by atoms with Crippen molar-refractivity contribution in [2.75, 3.05) is 13.2 Å². The normalized spacial score (nSPS) is 12.9. The topological polar surface area (TPSA) is 47.3 Å². The molecular formula is C13H30N2O. The van der Waals surface area contributed by atoms with Gasteiger partial charge in [0.15, 0.2) is 0 Å². The van der Waals surface area contributed by atoms with E-state index in [1.807, 2.05) is 6.92 Å². The van der Waals surface area contributed by atoms with Gasteiger partial charge < -0.3 is 4.74 Å². The summed E-state index contributed by atoms with van der Waals surface area (Å²) >= 11 is 0. The fourth-order valence-electron chi connectivity index (χ4n) is 1.85. The van der Waals surface area contributed by atoms with Crippen LogP contribution in [0.25, 0.3) is 0 Å². The fraction of sp³-hybridized carbons (Fsp3) is 1.00. The third kappa shape index (κ3) is 10.4. The lowest BCUT2D eigenvalue weighted by Crippen LogP contribution is -2.35. The summed E-state index contributed by atoms with van der Waals surface area (Å²) in [6, 6.07) is 0.428. The number of rotatable bonds is 12. The summed E-state index contributed by atoms with van der Waals surface area (Å²) < 4.78 is 5.33. The molecule has 0 aliphatic heterocycles. The molecule has 98 valence electrons. The van der Waals surface area contributed by atoms with E-state index in [-0.39, 0.29) is 0 Å². The predicted octanol–water partition coefficient (Wildman–Crippen LogP) is 3.00. The molecule has 0 saturated heterocycles. The van der Waals surface area contributed by atoms with Crippen LogP contribution in [0.3, 0.4) is 0 Å². The van der Waals surface area contributed by atoms with Crippen LogP contribution < -0.4 is 11.3 Å². The van der Waals surface area contributed by atoms with Gasteiger partial charge in [0.05, 0.1) is 0 Å². The van der Waals surface area contributed by atoms with Gasteiger partial charge in [-0.2, -0.15) is 0 Å². The number of hydrazine groups is 1. The van der Waals surface area contributed by atoms with Crippen molar-refractivity contribution in [2.45, 2.75) is 71.3 Å². The third-order valence-electron chi connectivity index (χ3n) is 2.96. The lowest BCUT2D eigenvalue weighted by Gasteiger charge is -2.15. The highest BCUT2D eigenvalue weighted by Gasteiger charge is 2.05. The molecule has 0 heterocycles. The number of hydrogen-bond donors (Lipinski definition) is 2. The SMILES string of the molecule is CCCCCCCCC(CCOCC)NN. The molecule has 3 N–H and O–H groups in total. The first-order valence-electron chi connectivity index (χ1n) is 6.89. The van der Waals surface area contributed by atoms with Crippen molar-refractivity contribution in [3.8, 4) is 0 Å². The van der Waals surface area contributed by atoms with Crippen molar-refractivity contribution in [3.63, 3.8) is 0 Å². The first-order chi connectivity index (χ1) is 7.85. The average Bonchev–Trinajstić information content (AvgIpc) is 2.31. The smallest absolute Gasteiger partial charge is 0.0481 e. The van der Waals surface area contributed by atoms with Crippen LogP contribution in [0, 0.1) is 0 Å². The molecule has 0 spiro atoms. The molecule has 0 bridgehead atoms. The van der Waals surface area contributed by atoms with Gasteiger partial charge >= 0.3 is 0 Å². The van der Waals surface area contributed by atoms with Crippen LogP contribution in [-0.4, -0.2) is 19.3 Å². The quantitative estimate of drug-likeness (QED) is 0.308. The first kappa shape index (κ1) is 15.9. The molecule has 0 radical (unpaired) electrons. The van der Waals surface area contributed by atoms with Gasteiger partial charge in [-0.25, -0.2) is 0 Å². The van der Waals surface area contributed by atoms with E-state index in [0.717, 1.165) is 19.6 Å². The maximum absolute atomic E-state index is 5.51. The third-order valence-corrected chi connectivity index (χ3v) is 2.96. The van der Waals surface area contributed by atoms with Crippen molar-refractivity contribution >= 4 is 0 Å². The molecular weight excluding hydrogens is 200 g/mol. The summed E-state index contributed by atoms with van der Waals surface area (Å²) in [6.07, 6.45) is 10.3. The molecule has 0 aromatic heterocycles. The molecule has 0 rings (SSSR count). The van der Waals surface area contributed by atoms with E-state index < -0.39 is 0 Å². The fourth-order valence-corrected chi connectivity index (χ4v) is 1.85. The van der Waals surface area contributed by atoms with Crippen molar-refractivity contribution in [2.24, 2.45) is 5.84 Å². The first-order valence-corrected chi connectivity index (χ1v) is 6.89. The second kappa shape index (κ2) is 12.9. The van der Waals surface area contributed by atoms with Gasteiger partial charge in [0.25, 0.3) is 0 Å². The minimum atomic E-state index is 0.428. The van der Waals surface area contributed by atoms with Crippen molar-refractivity contribution < 1.29 is 4.74 Å². The van der Waals surface area contributed by atoms with Crippen molar-refractivity contribution in [1.82, 2.24) is 5.43 Å². The summed E-state index contributed by atoms with van der Waals surface area (Å²) in [7, 11) is 0. The second-order valence-corrected chi connectivity index (χ2v) is 4.41. The van der Waals surface area contributed by atoms with Gasteiger partial charge in [0, 0.05) is 19.3 Å². The van der Waals surface area contributed by atoms with E-state index in [1.165, 1.54) is 44.9 Å². The Bertz CT molecular complexity index is 131. The Morgan fingerprint density at radius 1 is 1.00 bits per heavy atom. The molecule has 16 heavy (non-hydrogen) atoms. The highest BCUT2D eigenvalue weighted by atomic mass is 16.5. The Morgan fingerprint density at radius 3 is 2.31 bits per heavy atom. The summed E-state index contributed by atoms with van der Waals surface area (Å²) in [4.78, 5) is 0. The van der Waals surface area contributed by atoms with Gasteiger partial charge in [0.2, 0.25) is 0 Å². The van der Waals surface area contributed by atoms with Crippen LogP contribution in [-0.2, 0) is 4.74 Å². The van der Waals surface area contributed by atoms with Crippen LogP contribution in [0.5, 0.6) is 0 Å². The van der Waals surface area contributed by atoms with Crippen LogP contribution in [0.1, 0.15) is 65.2 Å².